The molecule has 0 amide bonds. The molecule has 1 N–H and O–H groups in total. The van der Waals surface area contributed by atoms with Crippen LogP contribution in [0.2, 0.25) is 0 Å². The molecule has 0 aliphatic carbocycles. The molecule has 0 saturated heterocycles. The van der Waals surface area contributed by atoms with Crippen molar-refractivity contribution in [1.82, 2.24) is 0 Å². The van der Waals surface area contributed by atoms with Gasteiger partial charge in [0.15, 0.2) is 5.60 Å². The van der Waals surface area contributed by atoms with Gasteiger partial charge in [-0.3, -0.25) is 0 Å². The Morgan fingerprint density at radius 1 is 1.05 bits per heavy atom. The maximum Gasteiger partial charge on any atom is 0.421 e. The highest BCUT2D eigenvalue weighted by molar-refractivity contribution is 5.93. The largest absolute Gasteiger partial charge is 0.421 e. The first-order valence-corrected chi connectivity index (χ1v) is 5.73. The first-order valence-electron chi connectivity index (χ1n) is 5.73. The van der Waals surface area contributed by atoms with Crippen LogP contribution in [0.5, 0.6) is 0 Å². The molecule has 4 heteroatoms. The van der Waals surface area contributed by atoms with E-state index in [4.69, 9.17) is 0 Å². The number of aliphatic hydroxyl groups is 1. The molecule has 1 atom stereocenters. The summed E-state index contributed by atoms with van der Waals surface area (Å²) in [6.07, 6.45) is -3.15. The van der Waals surface area contributed by atoms with E-state index in [0.29, 0.717) is 10.8 Å². The van der Waals surface area contributed by atoms with Crippen molar-refractivity contribution < 1.29 is 18.3 Å². The highest BCUT2D eigenvalue weighted by Crippen LogP contribution is 2.41. The van der Waals surface area contributed by atoms with Gasteiger partial charge in [0, 0.05) is 5.56 Å². The molecule has 100 valence electrons. The highest BCUT2D eigenvalue weighted by atomic mass is 19.4. The third kappa shape index (κ3) is 2.12. The van der Waals surface area contributed by atoms with Crippen molar-refractivity contribution in [3.8, 4) is 0 Å². The van der Waals surface area contributed by atoms with Crippen molar-refractivity contribution in [1.29, 1.82) is 0 Å². The van der Waals surface area contributed by atoms with E-state index in [-0.39, 0.29) is 5.56 Å². The van der Waals surface area contributed by atoms with Crippen LogP contribution in [-0.2, 0) is 5.60 Å². The van der Waals surface area contributed by atoms with Crippen molar-refractivity contribution in [2.45, 2.75) is 18.7 Å². The van der Waals surface area contributed by atoms with Gasteiger partial charge in [-0.05, 0) is 23.3 Å². The Morgan fingerprint density at radius 3 is 2.21 bits per heavy atom. The van der Waals surface area contributed by atoms with Crippen molar-refractivity contribution in [3.05, 3.63) is 54.1 Å². The molecule has 1 nitrogen and oxygen atoms in total. The lowest BCUT2D eigenvalue weighted by Crippen LogP contribution is -2.39. The van der Waals surface area contributed by atoms with Crippen LogP contribution in [0.3, 0.4) is 0 Å². The van der Waals surface area contributed by atoms with Crippen LogP contribution in [0.25, 0.3) is 16.8 Å². The molecule has 1 unspecified atom stereocenters. The number of benzene rings is 2. The number of hydrogen-bond acceptors (Lipinski definition) is 1. The molecular formula is C15H13F3O. The Kier molecular flexibility index (Phi) is 3.14. The molecule has 2 aromatic rings. The van der Waals surface area contributed by atoms with Crippen LogP contribution in [0.1, 0.15) is 18.1 Å². The molecule has 2 rings (SSSR count). The molecule has 0 aliphatic heterocycles. The molecule has 0 aromatic heterocycles. The molecular weight excluding hydrogens is 253 g/mol. The normalized spacial score (nSPS) is 15.2. The Morgan fingerprint density at radius 2 is 1.63 bits per heavy atom. The monoisotopic (exact) mass is 266 g/mol. The zero-order valence-electron chi connectivity index (χ0n) is 10.3. The summed E-state index contributed by atoms with van der Waals surface area (Å²) in [7, 11) is 0. The molecule has 0 spiro atoms. The average molecular weight is 266 g/mol. The number of alkyl halides is 3. The fraction of sp³-hybridized carbons (Fsp3) is 0.200. The van der Waals surface area contributed by atoms with E-state index in [1.165, 1.54) is 12.1 Å². The topological polar surface area (TPSA) is 20.2 Å². The first-order chi connectivity index (χ1) is 8.79. The second-order valence-electron chi connectivity index (χ2n) is 4.52. The zero-order valence-corrected chi connectivity index (χ0v) is 10.3. The van der Waals surface area contributed by atoms with E-state index in [0.717, 1.165) is 12.5 Å². The summed E-state index contributed by atoms with van der Waals surface area (Å²) in [5.74, 6) is 0. The molecule has 0 saturated carbocycles. The standard InChI is InChI=1S/C15H13F3O/c1-3-10-6-4-8-12-11(10)7-5-9-13(12)14(2,19)15(16,17)18/h3-9,19H,1H2,2H3. The number of rotatable bonds is 2. The van der Waals surface area contributed by atoms with E-state index in [1.54, 1.807) is 30.3 Å². The van der Waals surface area contributed by atoms with Crippen LogP contribution in [0.4, 0.5) is 13.2 Å². The Bertz CT molecular complexity index is 627. The Hall–Kier alpha value is -1.81. The molecule has 0 bridgehead atoms. The zero-order chi connectivity index (χ0) is 14.3. The summed E-state index contributed by atoms with van der Waals surface area (Å²) in [6, 6.07) is 9.49. The fourth-order valence-corrected chi connectivity index (χ4v) is 2.09. The lowest BCUT2D eigenvalue weighted by molar-refractivity contribution is -0.258. The smallest absolute Gasteiger partial charge is 0.376 e. The van der Waals surface area contributed by atoms with E-state index in [2.05, 4.69) is 6.58 Å². The van der Waals surface area contributed by atoms with E-state index >= 15 is 0 Å². The maximum absolute atomic E-state index is 13.0. The minimum Gasteiger partial charge on any atom is -0.376 e. The van der Waals surface area contributed by atoms with Gasteiger partial charge in [-0.1, -0.05) is 49.1 Å². The van der Waals surface area contributed by atoms with Crippen molar-refractivity contribution in [3.63, 3.8) is 0 Å². The van der Waals surface area contributed by atoms with Gasteiger partial charge in [0.2, 0.25) is 0 Å². The van der Waals surface area contributed by atoms with Crippen LogP contribution < -0.4 is 0 Å². The molecule has 0 aliphatic rings. The predicted octanol–water partition coefficient (Wildman–Crippen LogP) is 4.25. The number of halogens is 3. The third-order valence-electron chi connectivity index (χ3n) is 3.25. The third-order valence-corrected chi connectivity index (χ3v) is 3.25. The van der Waals surface area contributed by atoms with E-state index < -0.39 is 11.8 Å². The quantitative estimate of drug-likeness (QED) is 0.861. The average Bonchev–Trinajstić information content (AvgIpc) is 2.35. The predicted molar refractivity (Wildman–Crippen MR) is 69.7 cm³/mol. The Labute approximate surface area is 109 Å². The molecule has 0 fully saturated rings. The highest BCUT2D eigenvalue weighted by Gasteiger charge is 2.51. The minimum atomic E-state index is -4.73. The lowest BCUT2D eigenvalue weighted by Gasteiger charge is -2.28. The van der Waals surface area contributed by atoms with Gasteiger partial charge in [0.05, 0.1) is 0 Å². The van der Waals surface area contributed by atoms with Gasteiger partial charge in [-0.15, -0.1) is 0 Å². The van der Waals surface area contributed by atoms with Gasteiger partial charge < -0.3 is 5.11 Å². The number of fused-ring (bicyclic) bond motifs is 1. The van der Waals surface area contributed by atoms with Gasteiger partial charge in [0.1, 0.15) is 0 Å². The van der Waals surface area contributed by atoms with E-state index in [1.807, 2.05) is 0 Å². The fourth-order valence-electron chi connectivity index (χ4n) is 2.09. The summed E-state index contributed by atoms with van der Waals surface area (Å²) >= 11 is 0. The van der Waals surface area contributed by atoms with E-state index in [9.17, 15) is 18.3 Å². The molecule has 2 aromatic carbocycles. The molecule has 19 heavy (non-hydrogen) atoms. The van der Waals surface area contributed by atoms with Gasteiger partial charge >= 0.3 is 6.18 Å². The maximum atomic E-state index is 13.0. The van der Waals surface area contributed by atoms with Crippen LogP contribution in [-0.4, -0.2) is 11.3 Å². The van der Waals surface area contributed by atoms with Crippen molar-refractivity contribution in [2.75, 3.05) is 0 Å². The van der Waals surface area contributed by atoms with Gasteiger partial charge in [-0.25, -0.2) is 0 Å². The summed E-state index contributed by atoms with van der Waals surface area (Å²) in [6.45, 7) is 4.40. The van der Waals surface area contributed by atoms with Crippen LogP contribution in [0, 0.1) is 0 Å². The second kappa shape index (κ2) is 4.38. The number of hydrogen-bond donors (Lipinski definition) is 1. The van der Waals surface area contributed by atoms with Crippen LogP contribution in [0.15, 0.2) is 43.0 Å². The van der Waals surface area contributed by atoms with Crippen molar-refractivity contribution in [2.24, 2.45) is 0 Å². The summed E-state index contributed by atoms with van der Waals surface area (Å²) in [4.78, 5) is 0. The van der Waals surface area contributed by atoms with Crippen LogP contribution >= 0.6 is 0 Å². The van der Waals surface area contributed by atoms with Crippen molar-refractivity contribution >= 4 is 16.8 Å². The SMILES string of the molecule is C=Cc1cccc2c(C(C)(O)C(F)(F)F)cccc12. The summed E-state index contributed by atoms with van der Waals surface area (Å²) in [5.41, 5.74) is -2.30. The van der Waals surface area contributed by atoms with Gasteiger partial charge in [0.25, 0.3) is 0 Å². The lowest BCUT2D eigenvalue weighted by atomic mass is 9.89. The first kappa shape index (κ1) is 13.6. The second-order valence-corrected chi connectivity index (χ2v) is 4.52. The minimum absolute atomic E-state index is 0.152. The Balaban J connectivity index is 2.80. The summed E-state index contributed by atoms with van der Waals surface area (Å²) < 4.78 is 38.9. The molecule has 0 heterocycles. The summed E-state index contributed by atoms with van der Waals surface area (Å²) in [5, 5.41) is 10.8. The van der Waals surface area contributed by atoms with Gasteiger partial charge in [-0.2, -0.15) is 13.2 Å². The molecule has 0 radical (unpaired) electrons.